The van der Waals surface area contributed by atoms with E-state index in [1.165, 1.54) is 30.3 Å². The number of hydrogen-bond acceptors (Lipinski definition) is 6. The lowest BCUT2D eigenvalue weighted by molar-refractivity contribution is -0.144. The number of methoxy groups -OCH3 is 1. The van der Waals surface area contributed by atoms with Crippen molar-refractivity contribution in [3.63, 3.8) is 0 Å². The van der Waals surface area contributed by atoms with Crippen LogP contribution in [0.5, 0.6) is 0 Å². The summed E-state index contributed by atoms with van der Waals surface area (Å²) in [7, 11) is 1.25. The van der Waals surface area contributed by atoms with E-state index in [2.05, 4.69) is 20.8 Å². The van der Waals surface area contributed by atoms with Gasteiger partial charge in [0, 0.05) is 0 Å². The van der Waals surface area contributed by atoms with Crippen LogP contribution < -0.4 is 5.32 Å². The second-order valence-corrected chi connectivity index (χ2v) is 5.28. The van der Waals surface area contributed by atoms with E-state index in [9.17, 15) is 14.0 Å². The number of esters is 1. The lowest BCUT2D eigenvalue weighted by atomic mass is 9.98. The molecule has 1 amide bonds. The number of ether oxygens (including phenoxy) is 1. The van der Waals surface area contributed by atoms with Gasteiger partial charge in [-0.3, -0.25) is 4.79 Å². The Morgan fingerprint density at radius 3 is 2.75 bits per heavy atom. The van der Waals surface area contributed by atoms with Gasteiger partial charge in [-0.2, -0.15) is 4.68 Å². The first-order valence-corrected chi connectivity index (χ1v) is 7.39. The molecule has 2 atom stereocenters. The van der Waals surface area contributed by atoms with Crippen molar-refractivity contribution in [1.82, 2.24) is 25.5 Å². The Bertz CT molecular complexity index is 720. The Morgan fingerprint density at radius 1 is 1.42 bits per heavy atom. The molecule has 0 spiro atoms. The van der Waals surface area contributed by atoms with E-state index < -0.39 is 23.7 Å². The fraction of sp³-hybridized carbons (Fsp3) is 0.400. The third-order valence-corrected chi connectivity index (χ3v) is 3.75. The topological polar surface area (TPSA) is 99.0 Å². The number of carbonyl (C=O) groups is 2. The van der Waals surface area contributed by atoms with Crippen molar-refractivity contribution >= 4 is 11.9 Å². The summed E-state index contributed by atoms with van der Waals surface area (Å²) >= 11 is 0. The van der Waals surface area contributed by atoms with Crippen LogP contribution in [0.2, 0.25) is 0 Å². The average molecular weight is 335 g/mol. The van der Waals surface area contributed by atoms with Crippen LogP contribution in [0.15, 0.2) is 24.5 Å². The molecule has 24 heavy (non-hydrogen) atoms. The van der Waals surface area contributed by atoms with Crippen LogP contribution in [0.25, 0.3) is 5.69 Å². The summed E-state index contributed by atoms with van der Waals surface area (Å²) in [5.74, 6) is -1.91. The summed E-state index contributed by atoms with van der Waals surface area (Å²) in [5, 5.41) is 13.3. The van der Waals surface area contributed by atoms with Gasteiger partial charge < -0.3 is 10.1 Å². The molecule has 1 N–H and O–H groups in total. The third kappa shape index (κ3) is 3.73. The second-order valence-electron chi connectivity index (χ2n) is 5.28. The number of rotatable bonds is 6. The standard InChI is InChI=1S/C15H18FN5O3/c1-4-9(2)13(15(23)24-3)18-14(22)11-7-10(16)5-6-12(11)21-8-17-19-20-21/h5-9,13H,4H2,1-3H3,(H,18,22)/t9-,13+/m1/s1. The predicted octanol–water partition coefficient (Wildman–Crippen LogP) is 1.12. The minimum atomic E-state index is -0.836. The van der Waals surface area contributed by atoms with Crippen LogP contribution >= 0.6 is 0 Å². The molecule has 0 radical (unpaired) electrons. The first kappa shape index (κ1) is 17.5. The molecule has 1 heterocycles. The highest BCUT2D eigenvalue weighted by Gasteiger charge is 2.28. The van der Waals surface area contributed by atoms with Gasteiger partial charge in [0.25, 0.3) is 5.91 Å². The van der Waals surface area contributed by atoms with Gasteiger partial charge in [-0.15, -0.1) is 5.10 Å². The highest BCUT2D eigenvalue weighted by molar-refractivity contribution is 5.99. The Morgan fingerprint density at radius 2 is 2.17 bits per heavy atom. The van der Waals surface area contributed by atoms with Crippen molar-refractivity contribution in [2.75, 3.05) is 7.11 Å². The third-order valence-electron chi connectivity index (χ3n) is 3.75. The first-order valence-electron chi connectivity index (χ1n) is 7.39. The Kier molecular flexibility index (Phi) is 5.56. The van der Waals surface area contributed by atoms with Gasteiger partial charge in [0.2, 0.25) is 0 Å². The van der Waals surface area contributed by atoms with Gasteiger partial charge in [0.15, 0.2) is 0 Å². The van der Waals surface area contributed by atoms with Crippen LogP contribution in [-0.2, 0) is 9.53 Å². The van der Waals surface area contributed by atoms with Crippen molar-refractivity contribution in [3.05, 3.63) is 35.9 Å². The van der Waals surface area contributed by atoms with Gasteiger partial charge in [-0.05, 0) is 34.5 Å². The molecule has 0 aliphatic rings. The number of tetrazole rings is 1. The lowest BCUT2D eigenvalue weighted by Crippen LogP contribution is -2.45. The maximum Gasteiger partial charge on any atom is 0.328 e. The molecule has 1 aromatic heterocycles. The zero-order valence-electron chi connectivity index (χ0n) is 13.6. The number of benzene rings is 1. The first-order chi connectivity index (χ1) is 11.5. The highest BCUT2D eigenvalue weighted by atomic mass is 19.1. The smallest absolute Gasteiger partial charge is 0.328 e. The summed E-state index contributed by atoms with van der Waals surface area (Å²) in [6.45, 7) is 3.71. The maximum absolute atomic E-state index is 13.6. The van der Waals surface area contributed by atoms with Gasteiger partial charge in [0.1, 0.15) is 18.2 Å². The number of carbonyl (C=O) groups excluding carboxylic acids is 2. The molecule has 2 aromatic rings. The molecule has 0 saturated carbocycles. The number of amides is 1. The van der Waals surface area contributed by atoms with Gasteiger partial charge in [0.05, 0.1) is 18.4 Å². The van der Waals surface area contributed by atoms with E-state index in [-0.39, 0.29) is 11.5 Å². The Labute approximate surface area is 138 Å². The molecule has 0 unspecified atom stereocenters. The molecular weight excluding hydrogens is 317 g/mol. The summed E-state index contributed by atoms with van der Waals surface area (Å²) < 4.78 is 19.6. The van der Waals surface area contributed by atoms with Crippen LogP contribution in [0.1, 0.15) is 30.6 Å². The van der Waals surface area contributed by atoms with Crippen molar-refractivity contribution < 1.29 is 18.7 Å². The zero-order chi connectivity index (χ0) is 17.7. The molecule has 0 saturated heterocycles. The number of hydrogen-bond donors (Lipinski definition) is 1. The van der Waals surface area contributed by atoms with Crippen molar-refractivity contribution in [3.8, 4) is 5.69 Å². The van der Waals surface area contributed by atoms with Gasteiger partial charge in [-0.1, -0.05) is 20.3 Å². The largest absolute Gasteiger partial charge is 0.467 e. The van der Waals surface area contributed by atoms with Crippen LogP contribution in [-0.4, -0.2) is 45.2 Å². The molecule has 9 heteroatoms. The van der Waals surface area contributed by atoms with Crippen molar-refractivity contribution in [1.29, 1.82) is 0 Å². The zero-order valence-corrected chi connectivity index (χ0v) is 13.6. The second kappa shape index (κ2) is 7.62. The van der Waals surface area contributed by atoms with E-state index >= 15 is 0 Å². The highest BCUT2D eigenvalue weighted by Crippen LogP contribution is 2.17. The summed E-state index contributed by atoms with van der Waals surface area (Å²) in [4.78, 5) is 24.5. The van der Waals surface area contributed by atoms with Crippen molar-refractivity contribution in [2.45, 2.75) is 26.3 Å². The minimum absolute atomic E-state index is 0.0134. The van der Waals surface area contributed by atoms with Crippen LogP contribution in [0, 0.1) is 11.7 Å². The maximum atomic E-state index is 13.6. The molecule has 0 fully saturated rings. The van der Waals surface area contributed by atoms with E-state index in [0.29, 0.717) is 12.1 Å². The van der Waals surface area contributed by atoms with E-state index in [0.717, 1.165) is 6.07 Å². The number of nitrogens with one attached hydrogen (secondary N) is 1. The van der Waals surface area contributed by atoms with E-state index in [1.807, 2.05) is 13.8 Å². The number of nitrogens with zero attached hydrogens (tertiary/aromatic N) is 4. The van der Waals surface area contributed by atoms with Gasteiger partial charge in [-0.25, -0.2) is 9.18 Å². The van der Waals surface area contributed by atoms with Crippen molar-refractivity contribution in [2.24, 2.45) is 5.92 Å². The molecule has 1 aromatic carbocycles. The van der Waals surface area contributed by atoms with Crippen LogP contribution in [0.3, 0.4) is 0 Å². The van der Waals surface area contributed by atoms with Crippen LogP contribution in [0.4, 0.5) is 4.39 Å². The summed E-state index contributed by atoms with van der Waals surface area (Å²) in [6.07, 6.45) is 1.94. The van der Waals surface area contributed by atoms with E-state index in [4.69, 9.17) is 4.74 Å². The normalized spacial score (nSPS) is 13.2. The summed E-state index contributed by atoms with van der Waals surface area (Å²) in [6, 6.07) is 2.81. The van der Waals surface area contributed by atoms with E-state index in [1.54, 1.807) is 0 Å². The Hall–Kier alpha value is -2.84. The SMILES string of the molecule is CC[C@@H](C)[C@H](NC(=O)c1cc(F)ccc1-n1cnnn1)C(=O)OC. The molecular formula is C15H18FN5O3. The molecule has 8 nitrogen and oxygen atoms in total. The van der Waals surface area contributed by atoms with Gasteiger partial charge >= 0.3 is 5.97 Å². The fourth-order valence-corrected chi connectivity index (χ4v) is 2.18. The molecule has 2 rings (SSSR count). The monoisotopic (exact) mass is 335 g/mol. The number of halogens is 1. The molecule has 0 aliphatic carbocycles. The molecule has 0 aliphatic heterocycles. The lowest BCUT2D eigenvalue weighted by Gasteiger charge is -2.22. The minimum Gasteiger partial charge on any atom is -0.467 e. The fourth-order valence-electron chi connectivity index (χ4n) is 2.18. The summed E-state index contributed by atoms with van der Waals surface area (Å²) in [5.41, 5.74) is 0.311. The predicted molar refractivity (Wildman–Crippen MR) is 81.8 cm³/mol. The Balaban J connectivity index is 2.35. The molecule has 0 bridgehead atoms. The average Bonchev–Trinajstić information content (AvgIpc) is 3.12. The quantitative estimate of drug-likeness (QED) is 0.794. The molecule has 128 valence electrons. The number of aromatic nitrogens is 4.